The molecule has 1 aromatic heterocycles. The zero-order valence-electron chi connectivity index (χ0n) is 14.3. The molecule has 10 heteroatoms. The quantitative estimate of drug-likeness (QED) is 0.377. The molecule has 138 valence electrons. The number of anilines is 1. The van der Waals surface area contributed by atoms with Crippen LogP contribution in [0.25, 0.3) is 0 Å². The highest BCUT2D eigenvalue weighted by atomic mass is 16.8. The summed E-state index contributed by atoms with van der Waals surface area (Å²) in [6, 6.07) is 0. The molecule has 2 aliphatic heterocycles. The lowest BCUT2D eigenvalue weighted by atomic mass is 10.1. The van der Waals surface area contributed by atoms with Crippen molar-refractivity contribution in [2.24, 2.45) is 4.99 Å². The number of hydrogen-bond acceptors (Lipinski definition) is 8. The first kappa shape index (κ1) is 17.8. The molecule has 0 aromatic carbocycles. The highest BCUT2D eigenvalue weighted by molar-refractivity contribution is 5.95. The van der Waals surface area contributed by atoms with Crippen LogP contribution in [0.2, 0.25) is 0 Å². The summed E-state index contributed by atoms with van der Waals surface area (Å²) < 4.78 is 22.1. The molecule has 3 N–H and O–H groups in total. The summed E-state index contributed by atoms with van der Waals surface area (Å²) >= 11 is 0. The Bertz CT molecular complexity index is 646. The van der Waals surface area contributed by atoms with Gasteiger partial charge in [0.15, 0.2) is 23.5 Å². The van der Waals surface area contributed by atoms with Crippen LogP contribution >= 0.6 is 0 Å². The third-order valence-electron chi connectivity index (χ3n) is 3.85. The summed E-state index contributed by atoms with van der Waals surface area (Å²) in [6.45, 7) is 5.40. The fourth-order valence-corrected chi connectivity index (χ4v) is 2.86. The monoisotopic (exact) mass is 354 g/mol. The van der Waals surface area contributed by atoms with Gasteiger partial charge in [-0.15, -0.1) is 0 Å². The number of aromatic amines is 1. The molecule has 2 saturated heterocycles. The third kappa shape index (κ3) is 3.66. The van der Waals surface area contributed by atoms with Crippen LogP contribution < -0.4 is 5.32 Å². The van der Waals surface area contributed by atoms with E-state index in [0.29, 0.717) is 5.82 Å². The molecule has 0 aliphatic carbocycles. The first-order valence-electron chi connectivity index (χ1n) is 8.06. The minimum Gasteiger partial charge on any atom is -0.461 e. The van der Waals surface area contributed by atoms with Gasteiger partial charge in [-0.1, -0.05) is 0 Å². The second-order valence-electron chi connectivity index (χ2n) is 6.08. The second-order valence-corrected chi connectivity index (χ2v) is 6.08. The summed E-state index contributed by atoms with van der Waals surface area (Å²) in [4.78, 5) is 22.8. The fraction of sp³-hybridized carbons (Fsp3) is 0.667. The number of H-pyrrole nitrogens is 1. The van der Waals surface area contributed by atoms with E-state index >= 15 is 0 Å². The predicted molar refractivity (Wildman–Crippen MR) is 86.2 cm³/mol. The van der Waals surface area contributed by atoms with Crippen LogP contribution in [-0.2, 0) is 18.9 Å². The Labute approximate surface area is 144 Å². The molecule has 4 atom stereocenters. The maximum atomic E-state index is 11.8. The summed E-state index contributed by atoms with van der Waals surface area (Å²) in [7, 11) is 0. The Hall–Kier alpha value is -2.01. The number of carbonyl (C=O) groups is 1. The summed E-state index contributed by atoms with van der Waals surface area (Å²) in [5.74, 6) is -0.977. The molecule has 0 bridgehead atoms. The lowest BCUT2D eigenvalue weighted by molar-refractivity contribution is -0.189. The van der Waals surface area contributed by atoms with E-state index in [0.717, 1.165) is 0 Å². The van der Waals surface area contributed by atoms with E-state index in [4.69, 9.17) is 18.9 Å². The molecule has 10 nitrogen and oxygen atoms in total. The first-order valence-corrected chi connectivity index (χ1v) is 8.06. The highest BCUT2D eigenvalue weighted by Gasteiger charge is 2.55. The van der Waals surface area contributed by atoms with Gasteiger partial charge in [0.25, 0.3) is 0 Å². The number of nitrogens with one attached hydrogen (secondary N) is 2. The van der Waals surface area contributed by atoms with Gasteiger partial charge in [0.05, 0.1) is 25.9 Å². The van der Waals surface area contributed by atoms with E-state index in [1.807, 2.05) is 0 Å². The second kappa shape index (κ2) is 7.08. The number of fused-ring (bicyclic) bond motifs is 1. The molecule has 0 saturated carbocycles. The van der Waals surface area contributed by atoms with Gasteiger partial charge in [0.2, 0.25) is 0 Å². The van der Waals surface area contributed by atoms with Crippen LogP contribution in [0.15, 0.2) is 11.3 Å². The van der Waals surface area contributed by atoms with Crippen LogP contribution in [0.4, 0.5) is 5.82 Å². The molecule has 2 fully saturated rings. The number of aliphatic imine (C=N–C) groups is 1. The number of rotatable bonds is 6. The zero-order chi connectivity index (χ0) is 18.0. The van der Waals surface area contributed by atoms with E-state index in [1.54, 1.807) is 20.8 Å². The van der Waals surface area contributed by atoms with Crippen molar-refractivity contribution in [2.45, 2.75) is 51.1 Å². The molecule has 1 aromatic rings. The number of aliphatic hydroxyl groups excluding tert-OH is 1. The van der Waals surface area contributed by atoms with Gasteiger partial charge in [0, 0.05) is 0 Å². The normalized spacial score (nSPS) is 30.6. The topological polar surface area (TPSA) is 127 Å². The highest BCUT2D eigenvalue weighted by Crippen LogP contribution is 2.38. The molecule has 0 unspecified atom stereocenters. The van der Waals surface area contributed by atoms with Crippen molar-refractivity contribution in [2.75, 3.05) is 18.5 Å². The Balaban J connectivity index is 1.65. The molecule has 3 heterocycles. The van der Waals surface area contributed by atoms with E-state index in [1.165, 1.54) is 12.7 Å². The SMILES string of the molecule is CCOC(=O)c1[nH]cnc1N/C=N\[C@H]1O[C@@H](CO)[C@@H]2OC(C)(C)O[C@@H]21. The molecule has 0 radical (unpaired) electrons. The Kier molecular flexibility index (Phi) is 5.04. The Morgan fingerprint density at radius 1 is 1.52 bits per heavy atom. The van der Waals surface area contributed by atoms with Crippen molar-refractivity contribution in [1.82, 2.24) is 9.97 Å². The van der Waals surface area contributed by atoms with Crippen molar-refractivity contribution < 1.29 is 28.8 Å². The smallest absolute Gasteiger partial charge is 0.358 e. The average molecular weight is 354 g/mol. The minimum absolute atomic E-state index is 0.188. The van der Waals surface area contributed by atoms with Crippen LogP contribution in [0, 0.1) is 0 Å². The molecule has 0 amide bonds. The molecular weight excluding hydrogens is 332 g/mol. The van der Waals surface area contributed by atoms with Crippen LogP contribution in [-0.4, -0.2) is 70.9 Å². The number of imidazole rings is 1. The van der Waals surface area contributed by atoms with E-state index in [-0.39, 0.29) is 25.0 Å². The van der Waals surface area contributed by atoms with Gasteiger partial charge in [-0.2, -0.15) is 0 Å². The Morgan fingerprint density at radius 3 is 3.00 bits per heavy atom. The summed E-state index contributed by atoms with van der Waals surface area (Å²) in [6.07, 6.45) is 0.796. The number of hydrogen-bond donors (Lipinski definition) is 3. The Morgan fingerprint density at radius 2 is 2.28 bits per heavy atom. The standard InChI is InChI=1S/C15H22N4O6/c1-4-22-14(21)9-12(17-6-16-9)18-7-19-13-11-10(8(5-20)23-13)24-15(2,3)25-11/h6-8,10-11,13,20H,4-5H2,1-3H3,(H,16,17)(H,18,19)/t8-,10-,11-,13-/m0/s1. The minimum atomic E-state index is -0.757. The van der Waals surface area contributed by atoms with Gasteiger partial charge in [0.1, 0.15) is 18.3 Å². The molecule has 3 rings (SSSR count). The van der Waals surface area contributed by atoms with E-state index in [9.17, 15) is 9.90 Å². The van der Waals surface area contributed by atoms with Crippen molar-refractivity contribution in [3.63, 3.8) is 0 Å². The number of carbonyl (C=O) groups excluding carboxylic acids is 1. The largest absolute Gasteiger partial charge is 0.461 e. The number of esters is 1. The van der Waals surface area contributed by atoms with Gasteiger partial charge in [-0.05, 0) is 20.8 Å². The number of aliphatic hydroxyl groups is 1. The lowest BCUT2D eigenvalue weighted by Crippen LogP contribution is -2.31. The van der Waals surface area contributed by atoms with E-state index < -0.39 is 30.2 Å². The first-order chi connectivity index (χ1) is 11.9. The lowest BCUT2D eigenvalue weighted by Gasteiger charge is -2.22. The maximum Gasteiger partial charge on any atom is 0.358 e. The summed E-state index contributed by atoms with van der Waals surface area (Å²) in [5, 5.41) is 12.3. The number of aromatic nitrogens is 2. The van der Waals surface area contributed by atoms with Crippen LogP contribution in [0.1, 0.15) is 31.3 Å². The summed E-state index contributed by atoms with van der Waals surface area (Å²) in [5.41, 5.74) is 0.202. The van der Waals surface area contributed by atoms with Gasteiger partial charge >= 0.3 is 5.97 Å². The van der Waals surface area contributed by atoms with Crippen LogP contribution in [0.5, 0.6) is 0 Å². The predicted octanol–water partition coefficient (Wildman–Crippen LogP) is 0.264. The average Bonchev–Trinajstić information content (AvgIpc) is 3.21. The van der Waals surface area contributed by atoms with Gasteiger partial charge in [-0.3, -0.25) is 0 Å². The third-order valence-corrected chi connectivity index (χ3v) is 3.85. The fourth-order valence-electron chi connectivity index (χ4n) is 2.86. The maximum absolute atomic E-state index is 11.8. The van der Waals surface area contributed by atoms with Crippen LogP contribution in [0.3, 0.4) is 0 Å². The number of ether oxygens (including phenoxy) is 4. The number of nitrogens with zero attached hydrogens (tertiary/aromatic N) is 2. The van der Waals surface area contributed by atoms with Crippen molar-refractivity contribution in [1.29, 1.82) is 0 Å². The zero-order valence-corrected chi connectivity index (χ0v) is 14.3. The van der Waals surface area contributed by atoms with Gasteiger partial charge in [-0.25, -0.2) is 14.8 Å². The van der Waals surface area contributed by atoms with E-state index in [2.05, 4.69) is 20.3 Å². The molecule has 25 heavy (non-hydrogen) atoms. The molecule has 0 spiro atoms. The van der Waals surface area contributed by atoms with Gasteiger partial charge < -0.3 is 34.4 Å². The van der Waals surface area contributed by atoms with Crippen molar-refractivity contribution in [3.05, 3.63) is 12.0 Å². The molecular formula is C15H22N4O6. The molecule has 2 aliphatic rings. The van der Waals surface area contributed by atoms with Crippen molar-refractivity contribution in [3.8, 4) is 0 Å². The van der Waals surface area contributed by atoms with Crippen molar-refractivity contribution >= 4 is 18.1 Å².